The average molecular weight is 547 g/mol. The summed E-state index contributed by atoms with van der Waals surface area (Å²) in [4.78, 5) is 15.8. The van der Waals surface area contributed by atoms with Gasteiger partial charge in [-0.05, 0) is 43.0 Å². The Hall–Kier alpha value is -3.59. The lowest BCUT2D eigenvalue weighted by atomic mass is 9.83. The molecule has 1 fully saturated rings. The van der Waals surface area contributed by atoms with Crippen LogP contribution in [0.1, 0.15) is 48.5 Å². The minimum Gasteiger partial charge on any atom is -0.491 e. The number of halogens is 5. The topological polar surface area (TPSA) is 64.3 Å². The largest absolute Gasteiger partial charge is 0.491 e. The molecule has 0 aliphatic heterocycles. The molecule has 1 aliphatic carbocycles. The molecule has 3 aromatic carbocycles. The summed E-state index contributed by atoms with van der Waals surface area (Å²) in [6.07, 6.45) is 4.65. The summed E-state index contributed by atoms with van der Waals surface area (Å²) in [5.74, 6) is -5.98. The molecule has 0 radical (unpaired) electrons. The third kappa shape index (κ3) is 5.07. The number of aromatic carboxylic acids is 1. The molecule has 1 atom stereocenters. The molecule has 5 nitrogen and oxygen atoms in total. The molecule has 1 aromatic heterocycles. The Morgan fingerprint density at radius 1 is 0.974 bits per heavy atom. The number of carbonyl (C=O) groups is 1. The highest BCUT2D eigenvalue weighted by Gasteiger charge is 2.31. The van der Waals surface area contributed by atoms with Gasteiger partial charge in [-0.2, -0.15) is 0 Å². The van der Waals surface area contributed by atoms with Crippen molar-refractivity contribution >= 4 is 28.6 Å². The predicted octanol–water partition coefficient (Wildman–Crippen LogP) is 7.81. The van der Waals surface area contributed by atoms with Gasteiger partial charge >= 0.3 is 5.97 Å². The van der Waals surface area contributed by atoms with Crippen molar-refractivity contribution in [1.82, 2.24) is 9.55 Å². The maximum Gasteiger partial charge on any atom is 0.341 e. The molecule has 5 rings (SSSR count). The summed E-state index contributed by atoms with van der Waals surface area (Å²) in [6, 6.07) is 10.2. The first-order valence-electron chi connectivity index (χ1n) is 12.2. The fourth-order valence-corrected chi connectivity index (χ4v) is 5.31. The number of carboxylic acid groups (broad SMARTS) is 1. The first kappa shape index (κ1) is 26.0. The van der Waals surface area contributed by atoms with Gasteiger partial charge in [-0.1, -0.05) is 30.9 Å². The number of rotatable bonds is 7. The average Bonchev–Trinajstić information content (AvgIpc) is 3.23. The highest BCUT2D eigenvalue weighted by Crippen LogP contribution is 2.39. The summed E-state index contributed by atoms with van der Waals surface area (Å²) < 4.78 is 64.9. The number of nitrogens with zero attached hydrogens (tertiary/aromatic N) is 2. The molecule has 0 spiro atoms. The summed E-state index contributed by atoms with van der Waals surface area (Å²) in [7, 11) is 0. The number of benzene rings is 3. The van der Waals surface area contributed by atoms with Crippen LogP contribution < -0.4 is 4.74 Å². The van der Waals surface area contributed by atoms with Gasteiger partial charge in [0.15, 0.2) is 11.6 Å². The van der Waals surface area contributed by atoms with E-state index in [0.717, 1.165) is 56.4 Å². The quantitative estimate of drug-likeness (QED) is 0.240. The van der Waals surface area contributed by atoms with Crippen LogP contribution in [0.15, 0.2) is 48.5 Å². The Morgan fingerprint density at radius 3 is 2.24 bits per heavy atom. The third-order valence-electron chi connectivity index (χ3n) is 7.01. The fourth-order valence-electron chi connectivity index (χ4n) is 5.19. The van der Waals surface area contributed by atoms with Crippen LogP contribution in [0.5, 0.6) is 5.75 Å². The predicted molar refractivity (Wildman–Crippen MR) is 135 cm³/mol. The van der Waals surface area contributed by atoms with Crippen LogP contribution in [-0.2, 0) is 0 Å². The molecule has 0 bridgehead atoms. The molecule has 1 heterocycles. The lowest BCUT2D eigenvalue weighted by Gasteiger charge is -2.32. The molecule has 0 amide bonds. The normalized spacial score (nSPS) is 15.1. The fraction of sp³-hybridized carbons (Fsp3) is 0.286. The maximum absolute atomic E-state index is 14.4. The van der Waals surface area contributed by atoms with Crippen molar-refractivity contribution in [3.8, 4) is 17.1 Å². The Morgan fingerprint density at radius 2 is 1.61 bits per heavy atom. The van der Waals surface area contributed by atoms with E-state index in [4.69, 9.17) is 21.4 Å². The monoisotopic (exact) mass is 546 g/mol. The molecule has 1 unspecified atom stereocenters. The standard InChI is InChI=1S/C28H23ClF4N2O3/c29-17-8-6-16(7-9-17)27-34-23-12-19(30)20(31)13-24(23)35(27)25(15-4-2-1-3-5-15)14-38-18-10-21(32)26(28(36)37)22(33)11-18/h6-13,15,25H,1-5,14H2,(H,36,37). The van der Waals surface area contributed by atoms with Gasteiger partial charge in [0.05, 0.1) is 17.1 Å². The maximum atomic E-state index is 14.4. The number of imidazole rings is 1. The van der Waals surface area contributed by atoms with Gasteiger partial charge in [-0.15, -0.1) is 0 Å². The number of ether oxygens (including phenoxy) is 1. The zero-order chi connectivity index (χ0) is 27.0. The molecule has 1 aliphatic rings. The van der Waals surface area contributed by atoms with E-state index >= 15 is 0 Å². The number of carboxylic acids is 1. The lowest BCUT2D eigenvalue weighted by molar-refractivity contribution is 0.0686. The third-order valence-corrected chi connectivity index (χ3v) is 7.26. The van der Waals surface area contributed by atoms with E-state index in [1.807, 2.05) is 0 Å². The Bertz CT molecular complexity index is 1480. The van der Waals surface area contributed by atoms with Crippen LogP contribution in [0.25, 0.3) is 22.4 Å². The molecular weight excluding hydrogens is 524 g/mol. The van der Waals surface area contributed by atoms with Crippen molar-refractivity contribution in [2.24, 2.45) is 5.92 Å². The van der Waals surface area contributed by atoms with Crippen LogP contribution in [0.3, 0.4) is 0 Å². The van der Waals surface area contributed by atoms with E-state index in [9.17, 15) is 22.4 Å². The van der Waals surface area contributed by atoms with Crippen molar-refractivity contribution < 1.29 is 32.2 Å². The minimum atomic E-state index is -1.72. The summed E-state index contributed by atoms with van der Waals surface area (Å²) in [5, 5.41) is 9.56. The highest BCUT2D eigenvalue weighted by molar-refractivity contribution is 6.30. The Kier molecular flexibility index (Phi) is 7.29. The molecule has 0 saturated heterocycles. The van der Waals surface area contributed by atoms with Crippen molar-refractivity contribution in [3.63, 3.8) is 0 Å². The van der Waals surface area contributed by atoms with Crippen molar-refractivity contribution in [2.75, 3.05) is 6.61 Å². The van der Waals surface area contributed by atoms with Crippen LogP contribution in [-0.4, -0.2) is 27.2 Å². The van der Waals surface area contributed by atoms with Crippen molar-refractivity contribution in [1.29, 1.82) is 0 Å². The summed E-state index contributed by atoms with van der Waals surface area (Å²) >= 11 is 6.07. The number of fused-ring (bicyclic) bond motifs is 1. The highest BCUT2D eigenvalue weighted by atomic mass is 35.5. The zero-order valence-corrected chi connectivity index (χ0v) is 20.8. The van der Waals surface area contributed by atoms with Crippen LogP contribution in [0.4, 0.5) is 17.6 Å². The second-order valence-electron chi connectivity index (χ2n) is 9.41. The van der Waals surface area contributed by atoms with Crippen molar-refractivity contribution in [2.45, 2.75) is 38.1 Å². The van der Waals surface area contributed by atoms with Crippen molar-refractivity contribution in [3.05, 3.63) is 82.4 Å². The van der Waals surface area contributed by atoms with Gasteiger partial charge in [0.2, 0.25) is 0 Å². The second-order valence-corrected chi connectivity index (χ2v) is 9.85. The zero-order valence-electron chi connectivity index (χ0n) is 20.1. The first-order valence-corrected chi connectivity index (χ1v) is 12.6. The van der Waals surface area contributed by atoms with Gasteiger partial charge in [0.1, 0.15) is 35.4 Å². The number of hydrogen-bond acceptors (Lipinski definition) is 3. The number of aromatic nitrogens is 2. The van der Waals surface area contributed by atoms with E-state index in [1.54, 1.807) is 28.8 Å². The summed E-state index contributed by atoms with van der Waals surface area (Å²) in [5.41, 5.74) is 0.198. The van der Waals surface area contributed by atoms with E-state index in [0.29, 0.717) is 21.9 Å². The van der Waals surface area contributed by atoms with E-state index < -0.39 is 40.8 Å². The molecule has 38 heavy (non-hydrogen) atoms. The second kappa shape index (κ2) is 10.6. The van der Waals surface area contributed by atoms with Gasteiger partial charge in [0, 0.05) is 34.9 Å². The summed E-state index contributed by atoms with van der Waals surface area (Å²) in [6.45, 7) is -0.0684. The lowest BCUT2D eigenvalue weighted by Crippen LogP contribution is -2.28. The Balaban J connectivity index is 1.62. The Labute approximate surface area is 220 Å². The first-order chi connectivity index (χ1) is 18.2. The van der Waals surface area contributed by atoms with E-state index in [2.05, 4.69) is 4.98 Å². The molecule has 1 saturated carbocycles. The van der Waals surface area contributed by atoms with Gasteiger partial charge < -0.3 is 14.4 Å². The molecule has 198 valence electrons. The van der Waals surface area contributed by atoms with Gasteiger partial charge in [0.25, 0.3) is 0 Å². The van der Waals surface area contributed by atoms with E-state index in [1.165, 1.54) is 0 Å². The van der Waals surface area contributed by atoms with Crippen LogP contribution >= 0.6 is 11.6 Å². The van der Waals surface area contributed by atoms with Crippen LogP contribution in [0.2, 0.25) is 5.02 Å². The van der Waals surface area contributed by atoms with E-state index in [-0.39, 0.29) is 23.8 Å². The molecular formula is C28H23ClF4N2O3. The minimum absolute atomic E-state index is 0.0494. The smallest absolute Gasteiger partial charge is 0.341 e. The van der Waals surface area contributed by atoms with Crippen LogP contribution in [0, 0.1) is 29.2 Å². The number of hydrogen-bond donors (Lipinski definition) is 1. The van der Waals surface area contributed by atoms with Gasteiger partial charge in [-0.3, -0.25) is 0 Å². The van der Waals surface area contributed by atoms with Gasteiger partial charge in [-0.25, -0.2) is 27.3 Å². The molecule has 4 aromatic rings. The SMILES string of the molecule is O=C(O)c1c(F)cc(OCC(C2CCCCC2)n2c(-c3ccc(Cl)cc3)nc3cc(F)c(F)cc32)cc1F. The molecule has 1 N–H and O–H groups in total. The molecule has 10 heteroatoms.